The number of rotatable bonds is 3. The number of fused-ring (bicyclic) bond motifs is 1. The molecule has 0 fully saturated rings. The van der Waals surface area contributed by atoms with Crippen molar-refractivity contribution >= 4 is 5.69 Å². The fraction of sp³-hybridized carbons (Fsp3) is 0.250. The molecule has 1 aliphatic heterocycles. The lowest BCUT2D eigenvalue weighted by Crippen LogP contribution is -2.20. The van der Waals surface area contributed by atoms with E-state index < -0.39 is 11.6 Å². The zero-order valence-electron chi connectivity index (χ0n) is 10.9. The predicted octanol–water partition coefficient (Wildman–Crippen LogP) is 3.94. The van der Waals surface area contributed by atoms with E-state index >= 15 is 0 Å². The molecular weight excluding hydrogens is 260 g/mol. The molecule has 104 valence electrons. The van der Waals surface area contributed by atoms with Gasteiger partial charge in [-0.15, -0.1) is 0 Å². The van der Waals surface area contributed by atoms with Crippen LogP contribution in [-0.2, 0) is 0 Å². The standard InChI is InChI=1S/C16H15F2NO/c17-14-6-5-12(9-15(14)18)19-10-11-7-8-20-16-4-2-1-3-13(11)16/h1-6,9,11,19H,7-8,10H2. The maximum absolute atomic E-state index is 13.1. The molecule has 1 unspecified atom stereocenters. The van der Waals surface area contributed by atoms with Crippen LogP contribution in [0.5, 0.6) is 5.75 Å². The summed E-state index contributed by atoms with van der Waals surface area (Å²) in [4.78, 5) is 0. The second-order valence-electron chi connectivity index (χ2n) is 4.88. The van der Waals surface area contributed by atoms with Gasteiger partial charge in [0.25, 0.3) is 0 Å². The average molecular weight is 275 g/mol. The minimum atomic E-state index is -0.831. The van der Waals surface area contributed by atoms with Crippen molar-refractivity contribution in [3.8, 4) is 5.75 Å². The number of hydrogen-bond acceptors (Lipinski definition) is 2. The van der Waals surface area contributed by atoms with Crippen LogP contribution in [0.3, 0.4) is 0 Å². The minimum absolute atomic E-state index is 0.313. The van der Waals surface area contributed by atoms with Crippen molar-refractivity contribution < 1.29 is 13.5 Å². The van der Waals surface area contributed by atoms with Gasteiger partial charge < -0.3 is 10.1 Å². The van der Waals surface area contributed by atoms with Gasteiger partial charge >= 0.3 is 0 Å². The molecule has 0 aromatic heterocycles. The SMILES string of the molecule is Fc1ccc(NCC2CCOc3ccccc32)cc1F. The van der Waals surface area contributed by atoms with Gasteiger partial charge in [-0.2, -0.15) is 0 Å². The van der Waals surface area contributed by atoms with E-state index in [1.54, 1.807) is 6.07 Å². The Labute approximate surface area is 116 Å². The summed E-state index contributed by atoms with van der Waals surface area (Å²) in [7, 11) is 0. The molecule has 0 aliphatic carbocycles. The van der Waals surface area contributed by atoms with Crippen LogP contribution in [0.25, 0.3) is 0 Å². The summed E-state index contributed by atoms with van der Waals surface area (Å²) in [5.41, 5.74) is 1.75. The quantitative estimate of drug-likeness (QED) is 0.916. The molecule has 0 saturated carbocycles. The average Bonchev–Trinajstić information content (AvgIpc) is 2.48. The lowest BCUT2D eigenvalue weighted by Gasteiger charge is -2.26. The van der Waals surface area contributed by atoms with Crippen molar-refractivity contribution in [1.29, 1.82) is 0 Å². The topological polar surface area (TPSA) is 21.3 Å². The highest BCUT2D eigenvalue weighted by molar-refractivity contribution is 5.45. The first-order valence-corrected chi connectivity index (χ1v) is 6.64. The first-order valence-electron chi connectivity index (χ1n) is 6.64. The number of hydrogen-bond donors (Lipinski definition) is 1. The van der Waals surface area contributed by atoms with Gasteiger partial charge in [0.15, 0.2) is 11.6 Å². The number of halogens is 2. The number of ether oxygens (including phenoxy) is 1. The smallest absolute Gasteiger partial charge is 0.160 e. The van der Waals surface area contributed by atoms with E-state index in [0.29, 0.717) is 24.8 Å². The first-order chi connectivity index (χ1) is 9.74. The third kappa shape index (κ3) is 2.59. The molecule has 2 aromatic rings. The van der Waals surface area contributed by atoms with E-state index in [9.17, 15) is 8.78 Å². The van der Waals surface area contributed by atoms with Crippen LogP contribution in [0.2, 0.25) is 0 Å². The molecule has 4 heteroatoms. The molecule has 0 spiro atoms. The largest absolute Gasteiger partial charge is 0.493 e. The summed E-state index contributed by atoms with van der Waals surface area (Å²) < 4.78 is 31.6. The molecule has 1 heterocycles. The summed E-state index contributed by atoms with van der Waals surface area (Å²) in [6, 6.07) is 11.8. The third-order valence-corrected chi connectivity index (χ3v) is 3.55. The summed E-state index contributed by atoms with van der Waals surface area (Å²) >= 11 is 0. The Kier molecular flexibility index (Phi) is 3.54. The van der Waals surface area contributed by atoms with Crippen molar-refractivity contribution in [3.05, 3.63) is 59.7 Å². The van der Waals surface area contributed by atoms with E-state index in [0.717, 1.165) is 23.8 Å². The second kappa shape index (κ2) is 5.49. The first kappa shape index (κ1) is 12.9. The van der Waals surface area contributed by atoms with Crippen LogP contribution in [-0.4, -0.2) is 13.2 Å². The Morgan fingerprint density at radius 3 is 2.80 bits per heavy atom. The molecule has 0 amide bonds. The number of anilines is 1. The van der Waals surface area contributed by atoms with Gasteiger partial charge in [0.1, 0.15) is 5.75 Å². The number of nitrogens with one attached hydrogen (secondary N) is 1. The van der Waals surface area contributed by atoms with Gasteiger partial charge in [-0.3, -0.25) is 0 Å². The van der Waals surface area contributed by atoms with Gasteiger partial charge in [-0.1, -0.05) is 18.2 Å². The Morgan fingerprint density at radius 2 is 1.95 bits per heavy atom. The minimum Gasteiger partial charge on any atom is -0.493 e. The molecule has 1 aliphatic rings. The fourth-order valence-electron chi connectivity index (χ4n) is 2.48. The summed E-state index contributed by atoms with van der Waals surface area (Å²) in [6.07, 6.45) is 0.910. The number of para-hydroxylation sites is 1. The van der Waals surface area contributed by atoms with E-state index in [2.05, 4.69) is 5.32 Å². The Balaban J connectivity index is 1.71. The highest BCUT2D eigenvalue weighted by Crippen LogP contribution is 2.33. The normalized spacial score (nSPS) is 17.2. The highest BCUT2D eigenvalue weighted by Gasteiger charge is 2.20. The molecule has 20 heavy (non-hydrogen) atoms. The summed E-state index contributed by atoms with van der Waals surface area (Å²) in [5, 5.41) is 3.16. The van der Waals surface area contributed by atoms with Crippen molar-refractivity contribution in [3.63, 3.8) is 0 Å². The van der Waals surface area contributed by atoms with E-state index in [4.69, 9.17) is 4.74 Å². The van der Waals surface area contributed by atoms with Crippen LogP contribution in [0.4, 0.5) is 14.5 Å². The molecule has 0 saturated heterocycles. The van der Waals surface area contributed by atoms with Gasteiger partial charge in [-0.25, -0.2) is 8.78 Å². The number of benzene rings is 2. The lowest BCUT2D eigenvalue weighted by atomic mass is 9.93. The molecule has 1 atom stereocenters. The van der Waals surface area contributed by atoms with E-state index in [-0.39, 0.29) is 0 Å². The summed E-state index contributed by atoms with van der Waals surface area (Å²) in [6.45, 7) is 1.35. The highest BCUT2D eigenvalue weighted by atomic mass is 19.2. The zero-order valence-corrected chi connectivity index (χ0v) is 10.9. The van der Waals surface area contributed by atoms with Crippen molar-refractivity contribution in [2.24, 2.45) is 0 Å². The Hall–Kier alpha value is -2.10. The Bertz CT molecular complexity index is 615. The van der Waals surface area contributed by atoms with Gasteiger partial charge in [-0.05, 0) is 36.2 Å². The van der Waals surface area contributed by atoms with E-state index in [1.807, 2.05) is 24.3 Å². The van der Waals surface area contributed by atoms with Crippen LogP contribution < -0.4 is 10.1 Å². The van der Waals surface area contributed by atoms with Crippen LogP contribution in [0, 0.1) is 11.6 Å². The van der Waals surface area contributed by atoms with Crippen molar-refractivity contribution in [2.75, 3.05) is 18.5 Å². The fourth-order valence-corrected chi connectivity index (χ4v) is 2.48. The van der Waals surface area contributed by atoms with Crippen LogP contribution in [0.1, 0.15) is 17.9 Å². The molecular formula is C16H15F2NO. The lowest BCUT2D eigenvalue weighted by molar-refractivity contribution is 0.270. The third-order valence-electron chi connectivity index (χ3n) is 3.55. The Morgan fingerprint density at radius 1 is 1.10 bits per heavy atom. The monoisotopic (exact) mass is 275 g/mol. The second-order valence-corrected chi connectivity index (χ2v) is 4.88. The maximum Gasteiger partial charge on any atom is 0.160 e. The van der Waals surface area contributed by atoms with Crippen molar-refractivity contribution in [1.82, 2.24) is 0 Å². The molecule has 3 rings (SSSR count). The predicted molar refractivity (Wildman–Crippen MR) is 74.1 cm³/mol. The van der Waals surface area contributed by atoms with Crippen molar-refractivity contribution in [2.45, 2.75) is 12.3 Å². The van der Waals surface area contributed by atoms with Gasteiger partial charge in [0, 0.05) is 18.2 Å². The molecule has 0 bridgehead atoms. The molecule has 2 nitrogen and oxygen atoms in total. The van der Waals surface area contributed by atoms with E-state index in [1.165, 1.54) is 6.07 Å². The molecule has 2 aromatic carbocycles. The summed E-state index contributed by atoms with van der Waals surface area (Å²) in [5.74, 6) is -0.432. The molecule has 1 N–H and O–H groups in total. The zero-order chi connectivity index (χ0) is 13.9. The van der Waals surface area contributed by atoms with Crippen LogP contribution >= 0.6 is 0 Å². The van der Waals surface area contributed by atoms with Gasteiger partial charge in [0.2, 0.25) is 0 Å². The molecule has 0 radical (unpaired) electrons. The van der Waals surface area contributed by atoms with Crippen LogP contribution in [0.15, 0.2) is 42.5 Å². The van der Waals surface area contributed by atoms with Gasteiger partial charge in [0.05, 0.1) is 6.61 Å². The maximum atomic E-state index is 13.1.